The second kappa shape index (κ2) is 6.01. The first-order valence-corrected chi connectivity index (χ1v) is 6.36. The number of rotatable bonds is 6. The minimum Gasteiger partial charge on any atom is -0.396 e. The molecule has 90 valence electrons. The van der Waals surface area contributed by atoms with Crippen LogP contribution in [-0.2, 0) is 0 Å². The molecular formula is C12H19NO2S. The molecule has 16 heavy (non-hydrogen) atoms. The van der Waals surface area contributed by atoms with Gasteiger partial charge >= 0.3 is 0 Å². The minimum atomic E-state index is -0.0480. The van der Waals surface area contributed by atoms with Gasteiger partial charge in [0.05, 0.1) is 4.88 Å². The van der Waals surface area contributed by atoms with Crippen molar-refractivity contribution in [1.29, 1.82) is 0 Å². The van der Waals surface area contributed by atoms with E-state index in [1.165, 1.54) is 11.3 Å². The summed E-state index contributed by atoms with van der Waals surface area (Å²) in [7, 11) is 0. The lowest BCUT2D eigenvalue weighted by Gasteiger charge is -2.21. The molecular weight excluding hydrogens is 222 g/mol. The van der Waals surface area contributed by atoms with Gasteiger partial charge in [0.1, 0.15) is 0 Å². The Bertz CT molecular complexity index is 320. The number of carbonyl (C=O) groups is 1. The highest BCUT2D eigenvalue weighted by Crippen LogP contribution is 2.20. The molecule has 0 atom stereocenters. The summed E-state index contributed by atoms with van der Waals surface area (Å²) < 4.78 is 0. The van der Waals surface area contributed by atoms with Gasteiger partial charge in [0.15, 0.2) is 0 Å². The second-order valence-corrected chi connectivity index (χ2v) is 5.61. The van der Waals surface area contributed by atoms with Crippen molar-refractivity contribution < 1.29 is 9.90 Å². The van der Waals surface area contributed by atoms with Crippen LogP contribution in [0.1, 0.15) is 36.4 Å². The molecule has 0 unspecified atom stereocenters. The zero-order valence-electron chi connectivity index (χ0n) is 9.82. The van der Waals surface area contributed by atoms with Crippen LogP contribution in [0.15, 0.2) is 17.5 Å². The number of carbonyl (C=O) groups excluding carboxylic acids is 1. The molecule has 0 bridgehead atoms. The lowest BCUT2D eigenvalue weighted by molar-refractivity contribution is 0.0952. The fraction of sp³-hybridized carbons (Fsp3) is 0.583. The van der Waals surface area contributed by atoms with E-state index in [-0.39, 0.29) is 17.9 Å². The van der Waals surface area contributed by atoms with E-state index in [0.717, 1.165) is 17.7 Å². The van der Waals surface area contributed by atoms with Crippen molar-refractivity contribution in [3.63, 3.8) is 0 Å². The highest BCUT2D eigenvalue weighted by molar-refractivity contribution is 7.12. The third-order valence-electron chi connectivity index (χ3n) is 2.49. The summed E-state index contributed by atoms with van der Waals surface area (Å²) in [5.41, 5.74) is -0.0480. The molecule has 0 radical (unpaired) electrons. The molecule has 1 rings (SSSR count). The van der Waals surface area contributed by atoms with Gasteiger partial charge in [-0.15, -0.1) is 11.3 Å². The van der Waals surface area contributed by atoms with Crippen molar-refractivity contribution in [2.24, 2.45) is 5.41 Å². The summed E-state index contributed by atoms with van der Waals surface area (Å²) in [4.78, 5) is 12.3. The molecule has 0 saturated heterocycles. The molecule has 1 heterocycles. The van der Waals surface area contributed by atoms with Crippen molar-refractivity contribution in [3.05, 3.63) is 22.4 Å². The lowest BCUT2D eigenvalue weighted by Crippen LogP contribution is -2.25. The van der Waals surface area contributed by atoms with Gasteiger partial charge in [-0.3, -0.25) is 4.79 Å². The van der Waals surface area contributed by atoms with Gasteiger partial charge in [-0.05, 0) is 29.7 Å². The van der Waals surface area contributed by atoms with Crippen LogP contribution in [0.4, 0.5) is 0 Å². The molecule has 4 heteroatoms. The van der Waals surface area contributed by atoms with E-state index >= 15 is 0 Å². The van der Waals surface area contributed by atoms with E-state index in [0.29, 0.717) is 6.54 Å². The Kier molecular flexibility index (Phi) is 4.96. The fourth-order valence-electron chi connectivity index (χ4n) is 1.34. The summed E-state index contributed by atoms with van der Waals surface area (Å²) in [5.74, 6) is -0.00296. The first-order chi connectivity index (χ1) is 7.55. The molecule has 2 N–H and O–H groups in total. The monoisotopic (exact) mass is 241 g/mol. The quantitative estimate of drug-likeness (QED) is 0.751. The highest BCUT2D eigenvalue weighted by Gasteiger charge is 2.15. The maximum absolute atomic E-state index is 11.5. The van der Waals surface area contributed by atoms with Gasteiger partial charge in [0.25, 0.3) is 5.91 Å². The number of hydrogen-bond acceptors (Lipinski definition) is 3. The predicted octanol–water partition coefficient (Wildman–Crippen LogP) is 2.28. The Morgan fingerprint density at radius 1 is 1.56 bits per heavy atom. The van der Waals surface area contributed by atoms with Crippen LogP contribution in [0.2, 0.25) is 0 Å². The summed E-state index contributed by atoms with van der Waals surface area (Å²) in [6.07, 6.45) is 1.80. The topological polar surface area (TPSA) is 49.3 Å². The molecule has 0 spiro atoms. The molecule has 1 aromatic rings. The zero-order chi connectivity index (χ0) is 12.0. The fourth-order valence-corrected chi connectivity index (χ4v) is 1.98. The van der Waals surface area contributed by atoms with Crippen LogP contribution in [-0.4, -0.2) is 24.2 Å². The van der Waals surface area contributed by atoms with Crippen molar-refractivity contribution in [3.8, 4) is 0 Å². The molecule has 0 aliphatic rings. The zero-order valence-corrected chi connectivity index (χ0v) is 10.6. The number of hydrogen-bond donors (Lipinski definition) is 2. The normalized spacial score (nSPS) is 11.4. The minimum absolute atomic E-state index is 0.00296. The van der Waals surface area contributed by atoms with Gasteiger partial charge in [-0.1, -0.05) is 19.9 Å². The van der Waals surface area contributed by atoms with Gasteiger partial charge < -0.3 is 10.4 Å². The summed E-state index contributed by atoms with van der Waals surface area (Å²) >= 11 is 1.45. The van der Waals surface area contributed by atoms with Crippen LogP contribution in [0, 0.1) is 5.41 Å². The molecule has 0 aliphatic heterocycles. The number of aliphatic hydroxyl groups is 1. The third-order valence-corrected chi connectivity index (χ3v) is 3.36. The van der Waals surface area contributed by atoms with E-state index in [9.17, 15) is 4.79 Å². The predicted molar refractivity (Wildman–Crippen MR) is 66.8 cm³/mol. The van der Waals surface area contributed by atoms with E-state index in [1.807, 2.05) is 31.4 Å². The van der Waals surface area contributed by atoms with E-state index < -0.39 is 0 Å². The van der Waals surface area contributed by atoms with Crippen LogP contribution in [0.3, 0.4) is 0 Å². The Morgan fingerprint density at radius 2 is 2.31 bits per heavy atom. The number of amides is 1. The van der Waals surface area contributed by atoms with Crippen molar-refractivity contribution in [1.82, 2.24) is 5.32 Å². The standard InChI is InChI=1S/C12H19NO2S/c1-12(2,9-14)6-4-7-13-11(15)10-5-3-8-16-10/h3,5,8,14H,4,6-7,9H2,1-2H3,(H,13,15). The van der Waals surface area contributed by atoms with Crippen molar-refractivity contribution in [2.45, 2.75) is 26.7 Å². The molecule has 3 nitrogen and oxygen atoms in total. The molecule has 0 aromatic carbocycles. The van der Waals surface area contributed by atoms with Gasteiger partial charge in [-0.25, -0.2) is 0 Å². The summed E-state index contributed by atoms with van der Waals surface area (Å²) in [6, 6.07) is 3.69. The maximum atomic E-state index is 11.5. The highest BCUT2D eigenvalue weighted by atomic mass is 32.1. The van der Waals surface area contributed by atoms with Crippen LogP contribution in [0.5, 0.6) is 0 Å². The largest absolute Gasteiger partial charge is 0.396 e. The van der Waals surface area contributed by atoms with Gasteiger partial charge in [-0.2, -0.15) is 0 Å². The summed E-state index contributed by atoms with van der Waals surface area (Å²) in [6.45, 7) is 4.90. The smallest absolute Gasteiger partial charge is 0.261 e. The average Bonchev–Trinajstić information content (AvgIpc) is 2.77. The van der Waals surface area contributed by atoms with Crippen molar-refractivity contribution >= 4 is 17.2 Å². The Balaban J connectivity index is 2.19. The second-order valence-electron chi connectivity index (χ2n) is 4.66. The number of aliphatic hydroxyl groups excluding tert-OH is 1. The van der Waals surface area contributed by atoms with Gasteiger partial charge in [0, 0.05) is 13.2 Å². The number of thiophene rings is 1. The van der Waals surface area contributed by atoms with E-state index in [4.69, 9.17) is 5.11 Å². The van der Waals surface area contributed by atoms with E-state index in [2.05, 4.69) is 5.32 Å². The molecule has 0 aliphatic carbocycles. The lowest BCUT2D eigenvalue weighted by atomic mass is 9.89. The summed E-state index contributed by atoms with van der Waals surface area (Å²) in [5, 5.41) is 13.8. The van der Waals surface area contributed by atoms with Crippen molar-refractivity contribution in [2.75, 3.05) is 13.2 Å². The SMILES string of the molecule is CC(C)(CO)CCCNC(=O)c1cccs1. The first-order valence-electron chi connectivity index (χ1n) is 5.48. The Labute approximate surface area is 100 Å². The third kappa shape index (κ3) is 4.33. The van der Waals surface area contributed by atoms with E-state index in [1.54, 1.807) is 0 Å². The van der Waals surface area contributed by atoms with Crippen LogP contribution < -0.4 is 5.32 Å². The molecule has 0 fully saturated rings. The maximum Gasteiger partial charge on any atom is 0.261 e. The molecule has 1 aromatic heterocycles. The van der Waals surface area contributed by atoms with Crippen LogP contribution >= 0.6 is 11.3 Å². The first kappa shape index (κ1) is 13.2. The Hall–Kier alpha value is -0.870. The molecule has 0 saturated carbocycles. The average molecular weight is 241 g/mol. The van der Waals surface area contributed by atoms with Gasteiger partial charge in [0.2, 0.25) is 0 Å². The van der Waals surface area contributed by atoms with Crippen LogP contribution in [0.25, 0.3) is 0 Å². The molecule has 1 amide bonds. The Morgan fingerprint density at radius 3 is 2.88 bits per heavy atom. The number of nitrogens with one attached hydrogen (secondary N) is 1.